The van der Waals surface area contributed by atoms with Crippen LogP contribution in [0.4, 0.5) is 5.69 Å². The Hall–Kier alpha value is -1.31. The molecular weight excluding hydrogens is 292 g/mol. The molecule has 1 saturated heterocycles. The van der Waals surface area contributed by atoms with E-state index in [4.69, 9.17) is 15.6 Å². The van der Waals surface area contributed by atoms with Gasteiger partial charge in [-0.1, -0.05) is 0 Å². The Morgan fingerprint density at radius 2 is 2.24 bits per heavy atom. The van der Waals surface area contributed by atoms with Crippen LogP contribution in [0.1, 0.15) is 25.7 Å². The molecule has 1 aromatic rings. The predicted molar refractivity (Wildman–Crippen MR) is 80.6 cm³/mol. The number of benzene rings is 1. The van der Waals surface area contributed by atoms with Crippen molar-refractivity contribution in [3.05, 3.63) is 18.2 Å². The highest BCUT2D eigenvalue weighted by atomic mass is 32.2. The molecule has 1 heterocycles. The van der Waals surface area contributed by atoms with Gasteiger partial charge in [-0.25, -0.2) is 8.42 Å². The first kappa shape index (κ1) is 16.1. The van der Waals surface area contributed by atoms with Crippen LogP contribution >= 0.6 is 0 Å². The molecule has 21 heavy (non-hydrogen) atoms. The highest BCUT2D eigenvalue weighted by Crippen LogP contribution is 2.33. The predicted octanol–water partition coefficient (Wildman–Crippen LogP) is 1.20. The molecule has 0 saturated carbocycles. The van der Waals surface area contributed by atoms with Gasteiger partial charge in [0.1, 0.15) is 10.6 Å². The summed E-state index contributed by atoms with van der Waals surface area (Å²) in [6.45, 7) is 0.585. The minimum atomic E-state index is -3.61. The number of nitrogens with zero attached hydrogens (tertiary/aromatic N) is 1. The lowest BCUT2D eigenvalue weighted by Crippen LogP contribution is -2.35. The number of aliphatic hydroxyl groups is 1. The van der Waals surface area contributed by atoms with Crippen molar-refractivity contribution < 1.29 is 18.3 Å². The molecule has 1 atom stereocenters. The van der Waals surface area contributed by atoms with E-state index in [2.05, 4.69) is 0 Å². The number of rotatable bonds is 6. The first-order valence-corrected chi connectivity index (χ1v) is 8.51. The number of methoxy groups -OCH3 is 1. The van der Waals surface area contributed by atoms with Crippen LogP contribution in [-0.4, -0.2) is 44.1 Å². The maximum absolute atomic E-state index is 12.8. The summed E-state index contributed by atoms with van der Waals surface area (Å²) >= 11 is 0. The Balaban J connectivity index is 2.33. The molecular formula is C14H22N2O4S. The molecule has 118 valence electrons. The SMILES string of the molecule is COc1cc(N)ccc1S(=O)(=O)N1CCCC1CCCO. The minimum Gasteiger partial charge on any atom is -0.495 e. The van der Waals surface area contributed by atoms with Gasteiger partial charge in [0.25, 0.3) is 0 Å². The zero-order valence-electron chi connectivity index (χ0n) is 12.2. The Morgan fingerprint density at radius 1 is 1.48 bits per heavy atom. The average Bonchev–Trinajstić information content (AvgIpc) is 2.93. The molecule has 1 aliphatic rings. The second kappa shape index (κ2) is 6.64. The summed E-state index contributed by atoms with van der Waals surface area (Å²) in [5.41, 5.74) is 6.14. The van der Waals surface area contributed by atoms with Gasteiger partial charge in [0.2, 0.25) is 10.0 Å². The van der Waals surface area contributed by atoms with Crippen molar-refractivity contribution in [3.63, 3.8) is 0 Å². The number of sulfonamides is 1. The Bertz CT molecular complexity index is 589. The van der Waals surface area contributed by atoms with Crippen molar-refractivity contribution in [2.75, 3.05) is 26.0 Å². The second-order valence-electron chi connectivity index (χ2n) is 5.19. The molecule has 0 aliphatic carbocycles. The van der Waals surface area contributed by atoms with Gasteiger partial charge in [-0.15, -0.1) is 0 Å². The van der Waals surface area contributed by atoms with Crippen molar-refractivity contribution in [3.8, 4) is 5.75 Å². The highest BCUT2D eigenvalue weighted by Gasteiger charge is 2.36. The first-order valence-electron chi connectivity index (χ1n) is 7.07. The molecule has 0 spiro atoms. The van der Waals surface area contributed by atoms with E-state index in [0.717, 1.165) is 12.8 Å². The quantitative estimate of drug-likeness (QED) is 0.770. The summed E-state index contributed by atoms with van der Waals surface area (Å²) in [5, 5.41) is 8.94. The molecule has 0 bridgehead atoms. The third kappa shape index (κ3) is 3.30. The summed E-state index contributed by atoms with van der Waals surface area (Å²) in [6, 6.07) is 4.52. The minimum absolute atomic E-state index is 0.0515. The molecule has 1 aliphatic heterocycles. The molecule has 1 aromatic carbocycles. The van der Waals surface area contributed by atoms with E-state index in [-0.39, 0.29) is 23.3 Å². The molecule has 1 fully saturated rings. The average molecular weight is 314 g/mol. The molecule has 2 rings (SSSR count). The molecule has 3 N–H and O–H groups in total. The lowest BCUT2D eigenvalue weighted by atomic mass is 10.1. The van der Waals surface area contributed by atoms with E-state index >= 15 is 0 Å². The van der Waals surface area contributed by atoms with Gasteiger partial charge in [0, 0.05) is 30.9 Å². The Morgan fingerprint density at radius 3 is 2.90 bits per heavy atom. The molecule has 1 unspecified atom stereocenters. The second-order valence-corrected chi connectivity index (χ2v) is 7.05. The lowest BCUT2D eigenvalue weighted by Gasteiger charge is -2.24. The van der Waals surface area contributed by atoms with Gasteiger partial charge in [0.05, 0.1) is 7.11 Å². The maximum atomic E-state index is 12.8. The number of hydrogen-bond acceptors (Lipinski definition) is 5. The summed E-state index contributed by atoms with van der Waals surface area (Å²) in [5.74, 6) is 0.266. The fraction of sp³-hybridized carbons (Fsp3) is 0.571. The van der Waals surface area contributed by atoms with Crippen LogP contribution in [0.5, 0.6) is 5.75 Å². The van der Waals surface area contributed by atoms with Gasteiger partial charge in [-0.3, -0.25) is 0 Å². The van der Waals surface area contributed by atoms with Crippen LogP contribution in [0.15, 0.2) is 23.1 Å². The van der Waals surface area contributed by atoms with Gasteiger partial charge < -0.3 is 15.6 Å². The summed E-state index contributed by atoms with van der Waals surface area (Å²) in [7, 11) is -2.18. The highest BCUT2D eigenvalue weighted by molar-refractivity contribution is 7.89. The molecule has 0 aromatic heterocycles. The normalized spacial score (nSPS) is 19.8. The van der Waals surface area contributed by atoms with Crippen molar-refractivity contribution in [1.29, 1.82) is 0 Å². The fourth-order valence-electron chi connectivity index (χ4n) is 2.76. The van der Waals surface area contributed by atoms with Gasteiger partial charge in [-0.05, 0) is 37.8 Å². The Kier molecular flexibility index (Phi) is 5.08. The van der Waals surface area contributed by atoms with Crippen molar-refractivity contribution in [1.82, 2.24) is 4.31 Å². The standard InChI is InChI=1S/C14H22N2O4S/c1-20-13-10-11(15)6-7-14(13)21(18,19)16-8-2-4-12(16)5-3-9-17/h6-7,10,12,17H,2-5,8-9,15H2,1H3. The maximum Gasteiger partial charge on any atom is 0.247 e. The van der Waals surface area contributed by atoms with E-state index in [0.29, 0.717) is 25.1 Å². The topological polar surface area (TPSA) is 92.9 Å². The summed E-state index contributed by atoms with van der Waals surface area (Å²) in [4.78, 5) is 0.148. The smallest absolute Gasteiger partial charge is 0.247 e. The van der Waals surface area contributed by atoms with E-state index in [1.54, 1.807) is 6.07 Å². The van der Waals surface area contributed by atoms with Crippen LogP contribution in [0, 0.1) is 0 Å². The number of hydrogen-bond donors (Lipinski definition) is 2. The van der Waals surface area contributed by atoms with Gasteiger partial charge in [-0.2, -0.15) is 4.31 Å². The molecule has 0 radical (unpaired) electrons. The zero-order valence-corrected chi connectivity index (χ0v) is 13.0. The third-order valence-electron chi connectivity index (χ3n) is 3.79. The van der Waals surface area contributed by atoms with Crippen LogP contribution in [0.3, 0.4) is 0 Å². The van der Waals surface area contributed by atoms with E-state index in [1.807, 2.05) is 0 Å². The zero-order chi connectivity index (χ0) is 15.5. The van der Waals surface area contributed by atoms with Crippen molar-refractivity contribution in [2.45, 2.75) is 36.6 Å². The van der Waals surface area contributed by atoms with E-state index < -0.39 is 10.0 Å². The van der Waals surface area contributed by atoms with Gasteiger partial charge in [0.15, 0.2) is 0 Å². The van der Waals surface area contributed by atoms with Crippen LogP contribution in [0.25, 0.3) is 0 Å². The fourth-order valence-corrected chi connectivity index (χ4v) is 4.63. The molecule has 6 nitrogen and oxygen atoms in total. The molecule has 7 heteroatoms. The van der Waals surface area contributed by atoms with E-state index in [9.17, 15) is 8.42 Å². The van der Waals surface area contributed by atoms with Crippen molar-refractivity contribution >= 4 is 15.7 Å². The number of ether oxygens (including phenoxy) is 1. The largest absolute Gasteiger partial charge is 0.495 e. The van der Waals surface area contributed by atoms with Gasteiger partial charge >= 0.3 is 0 Å². The number of anilines is 1. The lowest BCUT2D eigenvalue weighted by molar-refractivity contribution is 0.264. The summed E-state index contributed by atoms with van der Waals surface area (Å²) < 4.78 is 32.4. The monoisotopic (exact) mass is 314 g/mol. The van der Waals surface area contributed by atoms with Crippen molar-refractivity contribution in [2.24, 2.45) is 0 Å². The molecule has 0 amide bonds. The first-order chi connectivity index (χ1) is 10.0. The van der Waals surface area contributed by atoms with E-state index in [1.165, 1.54) is 23.5 Å². The van der Waals surface area contributed by atoms with Crippen LogP contribution in [-0.2, 0) is 10.0 Å². The van der Waals surface area contributed by atoms with Crippen LogP contribution < -0.4 is 10.5 Å². The number of nitrogen functional groups attached to an aromatic ring is 1. The van der Waals surface area contributed by atoms with Crippen LogP contribution in [0.2, 0.25) is 0 Å². The summed E-state index contributed by atoms with van der Waals surface area (Å²) in [6.07, 6.45) is 2.95. The number of aliphatic hydroxyl groups excluding tert-OH is 1. The third-order valence-corrected chi connectivity index (χ3v) is 5.78. The Labute approximate surface area is 125 Å². The number of nitrogens with two attached hydrogens (primary N) is 1.